The Kier molecular flexibility index (Phi) is 5.76. The van der Waals surface area contributed by atoms with Gasteiger partial charge < -0.3 is 15.7 Å². The molecule has 0 saturated carbocycles. The highest BCUT2D eigenvalue weighted by Crippen LogP contribution is 2.20. The SMILES string of the molecule is CCNC(=NCc1cccc2ccccc12)NCC(C)(O)c1cnn(C)c1. The second-order valence-corrected chi connectivity index (χ2v) is 6.86. The summed E-state index contributed by atoms with van der Waals surface area (Å²) in [6, 6.07) is 14.6. The van der Waals surface area contributed by atoms with Crippen LogP contribution in [0.15, 0.2) is 59.9 Å². The number of nitrogens with zero attached hydrogens (tertiary/aromatic N) is 3. The molecule has 27 heavy (non-hydrogen) atoms. The van der Waals surface area contributed by atoms with Crippen LogP contribution in [0.4, 0.5) is 0 Å². The Morgan fingerprint density at radius 2 is 1.96 bits per heavy atom. The van der Waals surface area contributed by atoms with E-state index in [0.717, 1.165) is 12.1 Å². The van der Waals surface area contributed by atoms with Gasteiger partial charge >= 0.3 is 0 Å². The van der Waals surface area contributed by atoms with E-state index in [4.69, 9.17) is 4.99 Å². The van der Waals surface area contributed by atoms with Gasteiger partial charge in [0.2, 0.25) is 0 Å². The highest BCUT2D eigenvalue weighted by Gasteiger charge is 2.24. The minimum atomic E-state index is -1.04. The number of guanidine groups is 1. The number of aliphatic imine (C=N–C) groups is 1. The summed E-state index contributed by atoms with van der Waals surface area (Å²) in [4.78, 5) is 4.70. The summed E-state index contributed by atoms with van der Waals surface area (Å²) < 4.78 is 1.68. The van der Waals surface area contributed by atoms with Crippen LogP contribution in [0, 0.1) is 0 Å². The third-order valence-electron chi connectivity index (χ3n) is 4.56. The zero-order valence-electron chi connectivity index (χ0n) is 16.1. The molecule has 1 unspecified atom stereocenters. The smallest absolute Gasteiger partial charge is 0.191 e. The minimum Gasteiger partial charge on any atom is -0.383 e. The van der Waals surface area contributed by atoms with Gasteiger partial charge in [-0.1, -0.05) is 42.5 Å². The van der Waals surface area contributed by atoms with Gasteiger partial charge in [0.1, 0.15) is 5.60 Å². The molecule has 3 aromatic rings. The molecule has 0 bridgehead atoms. The summed E-state index contributed by atoms with van der Waals surface area (Å²) in [7, 11) is 1.84. The number of fused-ring (bicyclic) bond motifs is 1. The summed E-state index contributed by atoms with van der Waals surface area (Å²) in [5, 5.41) is 23.8. The molecule has 1 aromatic heterocycles. The van der Waals surface area contributed by atoms with E-state index < -0.39 is 5.60 Å². The van der Waals surface area contributed by atoms with Gasteiger partial charge in [0.05, 0.1) is 19.3 Å². The second kappa shape index (κ2) is 8.22. The Bertz CT molecular complexity index is 924. The molecule has 2 aromatic carbocycles. The lowest BCUT2D eigenvalue weighted by Crippen LogP contribution is -2.44. The highest BCUT2D eigenvalue weighted by atomic mass is 16.3. The average molecular weight is 365 g/mol. The van der Waals surface area contributed by atoms with Gasteiger partial charge in [-0.3, -0.25) is 4.68 Å². The minimum absolute atomic E-state index is 0.333. The molecule has 3 rings (SSSR count). The molecule has 0 saturated heterocycles. The predicted octanol–water partition coefficient (Wildman–Crippen LogP) is 2.54. The lowest BCUT2D eigenvalue weighted by Gasteiger charge is -2.23. The van der Waals surface area contributed by atoms with Crippen molar-refractivity contribution < 1.29 is 5.11 Å². The van der Waals surface area contributed by atoms with Gasteiger partial charge in [0, 0.05) is 25.4 Å². The molecule has 0 fully saturated rings. The van der Waals surface area contributed by atoms with E-state index in [1.807, 2.05) is 32.3 Å². The van der Waals surface area contributed by atoms with Gasteiger partial charge in [-0.25, -0.2) is 4.99 Å². The van der Waals surface area contributed by atoms with Crippen LogP contribution in [-0.4, -0.2) is 33.9 Å². The maximum atomic E-state index is 10.7. The summed E-state index contributed by atoms with van der Waals surface area (Å²) in [5.74, 6) is 0.676. The van der Waals surface area contributed by atoms with Gasteiger partial charge in [-0.05, 0) is 30.2 Å². The maximum absolute atomic E-state index is 10.7. The number of hydrogen-bond acceptors (Lipinski definition) is 3. The van der Waals surface area contributed by atoms with Gasteiger partial charge in [-0.2, -0.15) is 5.10 Å². The summed E-state index contributed by atoms with van der Waals surface area (Å²) in [5.41, 5.74) is 0.899. The molecular weight excluding hydrogens is 338 g/mol. The van der Waals surface area contributed by atoms with Crippen molar-refractivity contribution in [2.75, 3.05) is 13.1 Å². The van der Waals surface area contributed by atoms with E-state index in [-0.39, 0.29) is 0 Å². The molecular formula is C21H27N5O. The fourth-order valence-corrected chi connectivity index (χ4v) is 2.99. The molecule has 0 aliphatic carbocycles. The van der Waals surface area contributed by atoms with Gasteiger partial charge in [-0.15, -0.1) is 0 Å². The van der Waals surface area contributed by atoms with Crippen LogP contribution in [0.5, 0.6) is 0 Å². The van der Waals surface area contributed by atoms with E-state index in [0.29, 0.717) is 19.0 Å². The third-order valence-corrected chi connectivity index (χ3v) is 4.56. The third kappa shape index (κ3) is 4.65. The van der Waals surface area contributed by atoms with E-state index in [2.05, 4.69) is 46.1 Å². The van der Waals surface area contributed by atoms with Crippen molar-refractivity contribution in [2.24, 2.45) is 12.0 Å². The number of hydrogen-bond donors (Lipinski definition) is 3. The van der Waals surface area contributed by atoms with Crippen LogP contribution in [-0.2, 0) is 19.2 Å². The largest absolute Gasteiger partial charge is 0.383 e. The zero-order valence-corrected chi connectivity index (χ0v) is 16.1. The molecule has 0 aliphatic rings. The fourth-order valence-electron chi connectivity index (χ4n) is 2.99. The molecule has 0 amide bonds. The lowest BCUT2D eigenvalue weighted by molar-refractivity contribution is 0.0616. The zero-order chi connectivity index (χ0) is 19.3. The number of benzene rings is 2. The van der Waals surface area contributed by atoms with Crippen LogP contribution in [0.25, 0.3) is 10.8 Å². The first-order valence-electron chi connectivity index (χ1n) is 9.20. The van der Waals surface area contributed by atoms with Crippen molar-refractivity contribution in [1.29, 1.82) is 0 Å². The van der Waals surface area contributed by atoms with E-state index in [1.54, 1.807) is 17.8 Å². The highest BCUT2D eigenvalue weighted by molar-refractivity contribution is 5.86. The summed E-state index contributed by atoms with van der Waals surface area (Å²) in [6.45, 7) is 5.43. The molecule has 3 N–H and O–H groups in total. The first-order chi connectivity index (χ1) is 13.0. The number of aromatic nitrogens is 2. The van der Waals surface area contributed by atoms with Crippen molar-refractivity contribution in [2.45, 2.75) is 26.0 Å². The first kappa shape index (κ1) is 18.9. The van der Waals surface area contributed by atoms with Crippen molar-refractivity contribution in [3.05, 3.63) is 66.0 Å². The molecule has 6 nitrogen and oxygen atoms in total. The van der Waals surface area contributed by atoms with E-state index in [9.17, 15) is 5.11 Å². The quantitative estimate of drug-likeness (QED) is 0.464. The van der Waals surface area contributed by atoms with Crippen LogP contribution >= 0.6 is 0 Å². The Hall–Kier alpha value is -2.86. The summed E-state index contributed by atoms with van der Waals surface area (Å²) in [6.07, 6.45) is 3.50. The van der Waals surface area contributed by atoms with Crippen molar-refractivity contribution in [1.82, 2.24) is 20.4 Å². The van der Waals surface area contributed by atoms with Gasteiger partial charge in [0.15, 0.2) is 5.96 Å². The summed E-state index contributed by atoms with van der Waals surface area (Å²) >= 11 is 0. The number of nitrogens with one attached hydrogen (secondary N) is 2. The number of aryl methyl sites for hydroxylation is 1. The predicted molar refractivity (Wildman–Crippen MR) is 110 cm³/mol. The lowest BCUT2D eigenvalue weighted by atomic mass is 10.00. The Morgan fingerprint density at radius 3 is 2.70 bits per heavy atom. The molecule has 1 heterocycles. The van der Waals surface area contributed by atoms with Crippen molar-refractivity contribution in [3.8, 4) is 0 Å². The van der Waals surface area contributed by atoms with Gasteiger partial charge in [0.25, 0.3) is 0 Å². The van der Waals surface area contributed by atoms with Crippen LogP contribution in [0.1, 0.15) is 25.0 Å². The second-order valence-electron chi connectivity index (χ2n) is 6.86. The molecule has 0 spiro atoms. The van der Waals surface area contributed by atoms with Crippen LogP contribution in [0.3, 0.4) is 0 Å². The standard InChI is InChI=1S/C21H27N5O/c1-4-22-20(24-15-21(2,27)18-13-25-26(3)14-18)23-12-17-10-7-9-16-8-5-6-11-19(16)17/h5-11,13-14,27H,4,12,15H2,1-3H3,(H2,22,23,24). The number of rotatable bonds is 6. The average Bonchev–Trinajstić information content (AvgIpc) is 3.11. The maximum Gasteiger partial charge on any atom is 0.191 e. The molecule has 0 aliphatic heterocycles. The normalized spacial score (nSPS) is 14.1. The van der Waals surface area contributed by atoms with E-state index >= 15 is 0 Å². The molecule has 0 radical (unpaired) electrons. The molecule has 1 atom stereocenters. The Balaban J connectivity index is 1.73. The Labute approximate surface area is 159 Å². The molecule has 142 valence electrons. The molecule has 6 heteroatoms. The van der Waals surface area contributed by atoms with Crippen molar-refractivity contribution in [3.63, 3.8) is 0 Å². The Morgan fingerprint density at radius 1 is 1.19 bits per heavy atom. The first-order valence-corrected chi connectivity index (χ1v) is 9.20. The van der Waals surface area contributed by atoms with Crippen LogP contribution < -0.4 is 10.6 Å². The monoisotopic (exact) mass is 365 g/mol. The van der Waals surface area contributed by atoms with Crippen molar-refractivity contribution >= 4 is 16.7 Å². The number of aliphatic hydroxyl groups is 1. The fraction of sp³-hybridized carbons (Fsp3) is 0.333. The van der Waals surface area contributed by atoms with Crippen LogP contribution in [0.2, 0.25) is 0 Å². The van der Waals surface area contributed by atoms with E-state index in [1.165, 1.54) is 16.3 Å². The topological polar surface area (TPSA) is 74.5 Å².